The number of thioether (sulfide) groups is 1. The summed E-state index contributed by atoms with van der Waals surface area (Å²) in [4.78, 5) is 4.33. The first-order chi connectivity index (χ1) is 10.2. The van der Waals surface area contributed by atoms with Crippen molar-refractivity contribution in [3.63, 3.8) is 0 Å². The Labute approximate surface area is 127 Å². The molecule has 0 bridgehead atoms. The first-order valence-electron chi connectivity index (χ1n) is 7.19. The van der Waals surface area contributed by atoms with Crippen LogP contribution >= 0.6 is 11.8 Å². The molecule has 1 aliphatic carbocycles. The third-order valence-corrected chi connectivity index (χ3v) is 5.45. The number of anilines is 1. The van der Waals surface area contributed by atoms with Crippen LogP contribution in [0.5, 0.6) is 5.75 Å². The zero-order valence-electron chi connectivity index (χ0n) is 12.3. The van der Waals surface area contributed by atoms with Gasteiger partial charge < -0.3 is 15.0 Å². The van der Waals surface area contributed by atoms with Gasteiger partial charge in [0.2, 0.25) is 5.95 Å². The van der Waals surface area contributed by atoms with E-state index in [1.807, 2.05) is 11.8 Å². The molecule has 0 aliphatic heterocycles. The topological polar surface area (TPSA) is 53.1 Å². The first-order valence-corrected chi connectivity index (χ1v) is 8.48. The number of imidazole rings is 1. The van der Waals surface area contributed by atoms with Crippen molar-refractivity contribution in [3.05, 3.63) is 17.9 Å². The number of nitrogens with two attached hydrogens (primary N) is 1. The Hall–Kier alpha value is -1.43. The molecule has 0 radical (unpaired) electrons. The molecule has 1 aromatic carbocycles. The SMILES string of the molecule is COc1cc2c(cc1F)nc(N)n2C1CCCCC1SC. The maximum atomic E-state index is 13.8. The normalized spacial score (nSPS) is 22.6. The molecule has 3 rings (SSSR count). The van der Waals surface area contributed by atoms with Gasteiger partial charge in [0.25, 0.3) is 0 Å². The van der Waals surface area contributed by atoms with E-state index in [0.717, 1.165) is 11.9 Å². The molecule has 1 saturated carbocycles. The van der Waals surface area contributed by atoms with Crippen molar-refractivity contribution >= 4 is 28.7 Å². The Balaban J connectivity index is 2.14. The van der Waals surface area contributed by atoms with Gasteiger partial charge >= 0.3 is 0 Å². The molecule has 0 saturated heterocycles. The van der Waals surface area contributed by atoms with Crippen LogP contribution < -0.4 is 10.5 Å². The van der Waals surface area contributed by atoms with Crippen molar-refractivity contribution in [1.29, 1.82) is 0 Å². The maximum absolute atomic E-state index is 13.8. The summed E-state index contributed by atoms with van der Waals surface area (Å²) in [6.07, 6.45) is 6.86. The van der Waals surface area contributed by atoms with Gasteiger partial charge in [-0.15, -0.1) is 0 Å². The number of hydrogen-bond acceptors (Lipinski definition) is 4. The number of aromatic nitrogens is 2. The lowest BCUT2D eigenvalue weighted by Crippen LogP contribution is -2.26. The molecule has 2 unspecified atom stereocenters. The Bertz CT molecular complexity index is 658. The van der Waals surface area contributed by atoms with E-state index < -0.39 is 5.82 Å². The molecule has 4 nitrogen and oxygen atoms in total. The van der Waals surface area contributed by atoms with Crippen LogP contribution in [0.15, 0.2) is 12.1 Å². The number of ether oxygens (including phenoxy) is 1. The second-order valence-electron chi connectivity index (χ2n) is 5.44. The van der Waals surface area contributed by atoms with Crippen molar-refractivity contribution in [1.82, 2.24) is 9.55 Å². The number of fused-ring (bicyclic) bond motifs is 1. The number of rotatable bonds is 3. The van der Waals surface area contributed by atoms with Crippen molar-refractivity contribution in [2.24, 2.45) is 0 Å². The van der Waals surface area contributed by atoms with E-state index in [1.165, 1.54) is 32.4 Å². The van der Waals surface area contributed by atoms with Gasteiger partial charge in [-0.25, -0.2) is 9.37 Å². The summed E-state index contributed by atoms with van der Waals surface area (Å²) in [5.74, 6) is 0.295. The summed E-state index contributed by atoms with van der Waals surface area (Å²) in [6, 6.07) is 3.42. The summed E-state index contributed by atoms with van der Waals surface area (Å²) in [6.45, 7) is 0. The lowest BCUT2D eigenvalue weighted by molar-refractivity contribution is 0.372. The molecule has 6 heteroatoms. The molecule has 2 N–H and O–H groups in total. The van der Waals surface area contributed by atoms with Gasteiger partial charge in [0.05, 0.1) is 18.1 Å². The molecule has 1 fully saturated rings. The fourth-order valence-electron chi connectivity index (χ4n) is 3.27. The van der Waals surface area contributed by atoms with Gasteiger partial charge in [-0.3, -0.25) is 0 Å². The van der Waals surface area contributed by atoms with E-state index in [0.29, 0.717) is 22.8 Å². The number of nitrogens with zero attached hydrogens (tertiary/aromatic N) is 2. The summed E-state index contributed by atoms with van der Waals surface area (Å²) in [5, 5.41) is 0.523. The number of methoxy groups -OCH3 is 1. The van der Waals surface area contributed by atoms with Crippen molar-refractivity contribution in [2.45, 2.75) is 37.0 Å². The average molecular weight is 309 g/mol. The summed E-state index contributed by atoms with van der Waals surface area (Å²) in [7, 11) is 1.47. The zero-order valence-corrected chi connectivity index (χ0v) is 13.1. The van der Waals surface area contributed by atoms with Gasteiger partial charge in [-0.05, 0) is 19.1 Å². The highest BCUT2D eigenvalue weighted by molar-refractivity contribution is 7.99. The minimum absolute atomic E-state index is 0.236. The number of benzene rings is 1. The summed E-state index contributed by atoms with van der Waals surface area (Å²) >= 11 is 1.87. The quantitative estimate of drug-likeness (QED) is 0.941. The molecule has 114 valence electrons. The highest BCUT2D eigenvalue weighted by atomic mass is 32.2. The van der Waals surface area contributed by atoms with Crippen LogP contribution in [0, 0.1) is 5.82 Å². The number of hydrogen-bond donors (Lipinski definition) is 1. The predicted molar refractivity (Wildman–Crippen MR) is 85.5 cm³/mol. The molecular weight excluding hydrogens is 289 g/mol. The summed E-state index contributed by atoms with van der Waals surface area (Å²) < 4.78 is 21.0. The lowest BCUT2D eigenvalue weighted by Gasteiger charge is -2.32. The molecular formula is C15H20FN3OS. The highest BCUT2D eigenvalue weighted by Crippen LogP contribution is 2.39. The second-order valence-corrected chi connectivity index (χ2v) is 6.52. The van der Waals surface area contributed by atoms with Gasteiger partial charge in [-0.1, -0.05) is 12.8 Å². The molecule has 1 aromatic heterocycles. The largest absolute Gasteiger partial charge is 0.494 e. The maximum Gasteiger partial charge on any atom is 0.201 e. The number of halogens is 1. The van der Waals surface area contributed by atoms with Crippen LogP contribution in [0.2, 0.25) is 0 Å². The standard InChI is InChI=1S/C15H20FN3OS/c1-20-13-8-12-10(7-9(13)16)18-15(17)19(12)11-5-3-4-6-14(11)21-2/h7-8,11,14H,3-6H2,1-2H3,(H2,17,18). The number of nitrogen functional groups attached to an aromatic ring is 1. The van der Waals surface area contributed by atoms with Crippen LogP contribution in [-0.2, 0) is 0 Å². The van der Waals surface area contributed by atoms with Crippen molar-refractivity contribution in [3.8, 4) is 5.75 Å². The smallest absolute Gasteiger partial charge is 0.201 e. The van der Waals surface area contributed by atoms with Crippen molar-refractivity contribution in [2.75, 3.05) is 19.1 Å². The second kappa shape index (κ2) is 5.75. The third kappa shape index (κ3) is 2.46. The van der Waals surface area contributed by atoms with E-state index in [1.54, 1.807) is 6.07 Å². The fourth-order valence-corrected chi connectivity index (χ4v) is 4.24. The lowest BCUT2D eigenvalue weighted by atomic mass is 9.94. The van der Waals surface area contributed by atoms with Crippen LogP contribution in [-0.4, -0.2) is 28.2 Å². The molecule has 1 aliphatic rings. The minimum Gasteiger partial charge on any atom is -0.494 e. The van der Waals surface area contributed by atoms with Gasteiger partial charge in [-0.2, -0.15) is 11.8 Å². The van der Waals surface area contributed by atoms with E-state index >= 15 is 0 Å². The van der Waals surface area contributed by atoms with Gasteiger partial charge in [0.15, 0.2) is 11.6 Å². The molecule has 21 heavy (non-hydrogen) atoms. The fraction of sp³-hybridized carbons (Fsp3) is 0.533. The zero-order chi connectivity index (χ0) is 15.0. The van der Waals surface area contributed by atoms with Crippen molar-refractivity contribution < 1.29 is 9.13 Å². The van der Waals surface area contributed by atoms with Crippen LogP contribution in [0.4, 0.5) is 10.3 Å². The Morgan fingerprint density at radius 1 is 1.38 bits per heavy atom. The minimum atomic E-state index is -0.403. The first kappa shape index (κ1) is 14.5. The van der Waals surface area contributed by atoms with Gasteiger partial charge in [0, 0.05) is 23.4 Å². The molecule has 2 aromatic rings. The Morgan fingerprint density at radius 3 is 2.86 bits per heavy atom. The summed E-state index contributed by atoms with van der Waals surface area (Å²) in [5.41, 5.74) is 7.57. The predicted octanol–water partition coefficient (Wildman–Crippen LogP) is 3.61. The molecule has 1 heterocycles. The molecule has 0 spiro atoms. The van der Waals surface area contributed by atoms with Gasteiger partial charge in [0.1, 0.15) is 0 Å². The van der Waals surface area contributed by atoms with Crippen LogP contribution in [0.1, 0.15) is 31.7 Å². The van der Waals surface area contributed by atoms with E-state index in [2.05, 4.69) is 15.8 Å². The van der Waals surface area contributed by atoms with E-state index in [-0.39, 0.29) is 5.75 Å². The third-order valence-electron chi connectivity index (χ3n) is 4.29. The monoisotopic (exact) mass is 309 g/mol. The highest BCUT2D eigenvalue weighted by Gasteiger charge is 2.29. The van der Waals surface area contributed by atoms with Crippen LogP contribution in [0.25, 0.3) is 11.0 Å². The van der Waals surface area contributed by atoms with E-state index in [4.69, 9.17) is 10.5 Å². The average Bonchev–Trinajstić information content (AvgIpc) is 2.80. The van der Waals surface area contributed by atoms with E-state index in [9.17, 15) is 4.39 Å². The molecule has 0 amide bonds. The van der Waals surface area contributed by atoms with Crippen LogP contribution in [0.3, 0.4) is 0 Å². The molecule has 2 atom stereocenters. The Kier molecular flexibility index (Phi) is 3.97. The Morgan fingerprint density at radius 2 is 2.14 bits per heavy atom.